The molecule has 0 saturated carbocycles. The van der Waals surface area contributed by atoms with Crippen LogP contribution in [0.3, 0.4) is 0 Å². The molecule has 3 heterocycles. The molecule has 1 unspecified atom stereocenters. The zero-order chi connectivity index (χ0) is 13.6. The summed E-state index contributed by atoms with van der Waals surface area (Å²) in [5.74, 6) is -0.514. The Kier molecular flexibility index (Phi) is 2.77. The summed E-state index contributed by atoms with van der Waals surface area (Å²) in [6.45, 7) is -0.291. The lowest BCUT2D eigenvalue weighted by molar-refractivity contribution is -0.111. The predicted octanol–water partition coefficient (Wildman–Crippen LogP) is -1.87. The van der Waals surface area contributed by atoms with Crippen LogP contribution in [0.15, 0.2) is 26.2 Å². The number of aliphatic hydroxyl groups is 2. The summed E-state index contributed by atoms with van der Waals surface area (Å²) < 4.78 is 5.52. The first-order chi connectivity index (χ1) is 9.11. The van der Waals surface area contributed by atoms with Gasteiger partial charge in [-0.25, -0.2) is 9.98 Å². The van der Waals surface area contributed by atoms with Crippen molar-refractivity contribution in [2.24, 2.45) is 20.7 Å². The summed E-state index contributed by atoms with van der Waals surface area (Å²) in [5, 5.41) is 18.8. The second-order valence-electron chi connectivity index (χ2n) is 4.44. The van der Waals surface area contributed by atoms with Crippen LogP contribution in [0.1, 0.15) is 6.42 Å². The normalized spacial score (nSPS) is 33.6. The molecular weight excluding hydrogens is 252 g/mol. The van der Waals surface area contributed by atoms with Crippen LogP contribution < -0.4 is 5.73 Å². The number of hydrogen-bond donors (Lipinski definition) is 3. The van der Waals surface area contributed by atoms with Gasteiger partial charge in [-0.3, -0.25) is 4.79 Å². The van der Waals surface area contributed by atoms with Crippen LogP contribution in [-0.4, -0.2) is 58.9 Å². The fourth-order valence-electron chi connectivity index (χ4n) is 2.36. The van der Waals surface area contributed by atoms with Gasteiger partial charge in [-0.2, -0.15) is 4.99 Å². The van der Waals surface area contributed by atoms with Crippen LogP contribution in [0.4, 0.5) is 0 Å². The third kappa shape index (κ3) is 1.81. The molecule has 3 aliphatic rings. The zero-order valence-corrected chi connectivity index (χ0v) is 9.85. The van der Waals surface area contributed by atoms with E-state index in [1.54, 1.807) is 0 Å². The molecule has 4 N–H and O–H groups in total. The van der Waals surface area contributed by atoms with E-state index < -0.39 is 24.2 Å². The number of fused-ring (bicyclic) bond motifs is 1. The van der Waals surface area contributed by atoms with Crippen molar-refractivity contribution in [1.82, 2.24) is 0 Å². The Morgan fingerprint density at radius 1 is 1.53 bits per heavy atom. The number of carbonyl (C=O) groups excluding carboxylic acids is 1. The monoisotopic (exact) mass is 264 g/mol. The van der Waals surface area contributed by atoms with E-state index in [0.717, 1.165) is 0 Å². The van der Waals surface area contributed by atoms with E-state index in [4.69, 9.17) is 15.6 Å². The number of amides is 1. The maximum atomic E-state index is 11.6. The Hall–Kier alpha value is -1.90. The van der Waals surface area contributed by atoms with Crippen LogP contribution in [0.25, 0.3) is 0 Å². The summed E-state index contributed by atoms with van der Waals surface area (Å²) in [6, 6.07) is 0. The third-order valence-electron chi connectivity index (χ3n) is 3.28. The van der Waals surface area contributed by atoms with E-state index in [9.17, 15) is 9.90 Å². The Balaban J connectivity index is 1.98. The van der Waals surface area contributed by atoms with Gasteiger partial charge < -0.3 is 20.7 Å². The molecule has 1 amide bonds. The minimum Gasteiger partial charge on any atom is -0.394 e. The lowest BCUT2D eigenvalue weighted by Crippen LogP contribution is -2.34. The van der Waals surface area contributed by atoms with Crippen molar-refractivity contribution in [2.45, 2.75) is 24.7 Å². The number of ether oxygens (including phenoxy) is 1. The quantitative estimate of drug-likeness (QED) is 0.538. The van der Waals surface area contributed by atoms with E-state index in [1.165, 1.54) is 6.34 Å². The number of aliphatic hydroxyl groups excluding tert-OH is 2. The smallest absolute Gasteiger partial charge is 0.299 e. The van der Waals surface area contributed by atoms with Gasteiger partial charge in [-0.1, -0.05) is 0 Å². The van der Waals surface area contributed by atoms with Crippen LogP contribution in [0.5, 0.6) is 0 Å². The summed E-state index contributed by atoms with van der Waals surface area (Å²) in [6.07, 6.45) is -0.504. The Morgan fingerprint density at radius 3 is 3.00 bits per heavy atom. The molecule has 0 aliphatic carbocycles. The molecular formula is C11H12N4O4. The average molecular weight is 264 g/mol. The Labute approximate surface area is 108 Å². The van der Waals surface area contributed by atoms with Crippen molar-refractivity contribution in [3.8, 4) is 0 Å². The molecule has 100 valence electrons. The van der Waals surface area contributed by atoms with Crippen molar-refractivity contribution in [1.29, 1.82) is 0 Å². The molecule has 0 aromatic rings. The summed E-state index contributed by atoms with van der Waals surface area (Å²) in [4.78, 5) is 23.1. The Morgan fingerprint density at radius 2 is 2.32 bits per heavy atom. The molecule has 3 atom stereocenters. The zero-order valence-electron chi connectivity index (χ0n) is 9.85. The predicted molar refractivity (Wildman–Crippen MR) is 66.0 cm³/mol. The molecule has 0 aromatic carbocycles. The fourth-order valence-corrected chi connectivity index (χ4v) is 2.36. The molecule has 0 aromatic heterocycles. The Bertz CT molecular complexity index is 563. The van der Waals surface area contributed by atoms with Crippen LogP contribution in [0.2, 0.25) is 0 Å². The minimum absolute atomic E-state index is 0.0220. The highest BCUT2D eigenvalue weighted by molar-refractivity contribution is 6.51. The molecule has 8 heteroatoms. The van der Waals surface area contributed by atoms with E-state index in [1.807, 2.05) is 0 Å². The molecule has 1 fully saturated rings. The second-order valence-corrected chi connectivity index (χ2v) is 4.44. The number of nitrogens with two attached hydrogens (primary N) is 1. The van der Waals surface area contributed by atoms with Crippen molar-refractivity contribution in [3.63, 3.8) is 0 Å². The number of carbonyl (C=O) groups is 1. The number of amidine groups is 1. The van der Waals surface area contributed by atoms with Gasteiger partial charge in [-0.05, 0) is 0 Å². The summed E-state index contributed by atoms with van der Waals surface area (Å²) in [5.41, 5.74) is 6.68. The minimum atomic E-state index is -0.792. The highest BCUT2D eigenvalue weighted by atomic mass is 16.5. The van der Waals surface area contributed by atoms with Crippen LogP contribution >= 0.6 is 0 Å². The van der Waals surface area contributed by atoms with Gasteiger partial charge >= 0.3 is 0 Å². The lowest BCUT2D eigenvalue weighted by atomic mass is 9.98. The third-order valence-corrected chi connectivity index (χ3v) is 3.28. The maximum absolute atomic E-state index is 11.6. The van der Waals surface area contributed by atoms with Gasteiger partial charge in [0.25, 0.3) is 5.91 Å². The van der Waals surface area contributed by atoms with Gasteiger partial charge in [0.1, 0.15) is 24.0 Å². The molecule has 8 nitrogen and oxygen atoms in total. The number of dihydropyridines is 1. The van der Waals surface area contributed by atoms with Gasteiger partial charge in [0.2, 0.25) is 0 Å². The van der Waals surface area contributed by atoms with Gasteiger partial charge in [0, 0.05) is 6.42 Å². The highest BCUT2D eigenvalue weighted by Gasteiger charge is 2.41. The van der Waals surface area contributed by atoms with Gasteiger partial charge in [-0.15, -0.1) is 0 Å². The topological polar surface area (TPSA) is 130 Å². The molecule has 19 heavy (non-hydrogen) atoms. The number of rotatable bonds is 2. The van der Waals surface area contributed by atoms with Crippen LogP contribution in [0, 0.1) is 0 Å². The molecule has 3 rings (SSSR count). The molecule has 3 aliphatic heterocycles. The fraction of sp³-hybridized carbons (Fsp3) is 0.455. The van der Waals surface area contributed by atoms with Gasteiger partial charge in [0.05, 0.1) is 24.4 Å². The molecule has 0 bridgehead atoms. The van der Waals surface area contributed by atoms with E-state index in [2.05, 4.69) is 15.0 Å². The average Bonchev–Trinajstić information content (AvgIpc) is 2.96. The van der Waals surface area contributed by atoms with Crippen LogP contribution in [-0.2, 0) is 9.53 Å². The van der Waals surface area contributed by atoms with Crippen molar-refractivity contribution < 1.29 is 19.7 Å². The maximum Gasteiger partial charge on any atom is 0.299 e. The van der Waals surface area contributed by atoms with Crippen molar-refractivity contribution in [2.75, 3.05) is 6.61 Å². The summed E-state index contributed by atoms with van der Waals surface area (Å²) in [7, 11) is 0. The van der Waals surface area contributed by atoms with E-state index >= 15 is 0 Å². The number of nitrogens with zero attached hydrogens (tertiary/aromatic N) is 3. The van der Waals surface area contributed by atoms with Crippen molar-refractivity contribution in [3.05, 3.63) is 11.3 Å². The van der Waals surface area contributed by atoms with E-state index in [0.29, 0.717) is 11.3 Å². The first kappa shape index (κ1) is 12.2. The first-order valence-corrected chi connectivity index (χ1v) is 5.80. The van der Waals surface area contributed by atoms with Crippen molar-refractivity contribution >= 4 is 23.8 Å². The SMILES string of the molecule is NC1=NC(=O)C2=NC=NC2=C1C1C[C@H](O)[C@@H](CO)O1. The van der Waals surface area contributed by atoms with Gasteiger partial charge in [0.15, 0.2) is 5.71 Å². The molecule has 1 saturated heterocycles. The standard InChI is InChI=1S/C11H12N4O4/c12-10-7(5-1-4(17)6(2-16)19-5)8-9(11(18)15-10)14-3-13-8/h3-6,16-17H,1-2H2,(H2,12,15,18)/t4-,5?,6+/m0/s1. The van der Waals surface area contributed by atoms with E-state index in [-0.39, 0.29) is 24.6 Å². The second kappa shape index (κ2) is 4.34. The molecule has 0 radical (unpaired) electrons. The summed E-state index contributed by atoms with van der Waals surface area (Å²) >= 11 is 0. The first-order valence-electron chi connectivity index (χ1n) is 5.80. The highest BCUT2D eigenvalue weighted by Crippen LogP contribution is 2.31. The molecule has 0 spiro atoms. The number of aliphatic imine (C=N–C) groups is 3. The largest absolute Gasteiger partial charge is 0.394 e. The number of hydrogen-bond acceptors (Lipinski definition) is 7. The lowest BCUT2D eigenvalue weighted by Gasteiger charge is -2.19.